The summed E-state index contributed by atoms with van der Waals surface area (Å²) in [5, 5.41) is 5.01. The Morgan fingerprint density at radius 1 is 0.730 bits per heavy atom. The summed E-state index contributed by atoms with van der Waals surface area (Å²) in [5.74, 6) is -0.0289. The molecule has 4 aromatic rings. The van der Waals surface area contributed by atoms with Crippen LogP contribution < -0.4 is 10.2 Å². The minimum Gasteiger partial charge on any atom is -0.368 e. The van der Waals surface area contributed by atoms with E-state index in [1.807, 2.05) is 83.8 Å². The first-order valence-electron chi connectivity index (χ1n) is 12.8. The van der Waals surface area contributed by atoms with Crippen molar-refractivity contribution in [1.82, 2.24) is 4.90 Å². The fourth-order valence-corrected chi connectivity index (χ4v) is 4.84. The van der Waals surface area contributed by atoms with Crippen LogP contribution in [0.4, 0.5) is 11.4 Å². The summed E-state index contributed by atoms with van der Waals surface area (Å²) >= 11 is 0. The number of benzene rings is 4. The zero-order valence-corrected chi connectivity index (χ0v) is 21.7. The van der Waals surface area contributed by atoms with Crippen LogP contribution in [0.15, 0.2) is 91.0 Å². The molecule has 0 spiro atoms. The Kier molecular flexibility index (Phi) is 6.70. The van der Waals surface area contributed by atoms with Gasteiger partial charge in [0.15, 0.2) is 0 Å². The Morgan fingerprint density at radius 3 is 2.05 bits per heavy atom. The van der Waals surface area contributed by atoms with E-state index in [0.29, 0.717) is 18.7 Å². The summed E-state index contributed by atoms with van der Waals surface area (Å²) in [6, 6.07) is 29.6. The van der Waals surface area contributed by atoms with Gasteiger partial charge in [-0.05, 0) is 64.2 Å². The molecule has 5 rings (SSSR count). The fourth-order valence-electron chi connectivity index (χ4n) is 4.84. The van der Waals surface area contributed by atoms with Crippen LogP contribution >= 0.6 is 0 Å². The number of carbonyl (C=O) groups is 2. The molecule has 37 heavy (non-hydrogen) atoms. The maximum Gasteiger partial charge on any atom is 0.256 e. The van der Waals surface area contributed by atoms with Crippen molar-refractivity contribution in [1.29, 1.82) is 0 Å². The molecule has 2 amide bonds. The number of nitrogens with one attached hydrogen (secondary N) is 1. The van der Waals surface area contributed by atoms with Crippen molar-refractivity contribution in [2.45, 2.75) is 26.2 Å². The molecule has 0 aromatic heterocycles. The summed E-state index contributed by atoms with van der Waals surface area (Å²) < 4.78 is 0. The zero-order chi connectivity index (χ0) is 26.0. The lowest BCUT2D eigenvalue weighted by atomic mass is 9.86. The van der Waals surface area contributed by atoms with Gasteiger partial charge in [0.25, 0.3) is 11.8 Å². The highest BCUT2D eigenvalue weighted by molar-refractivity contribution is 6.12. The Labute approximate surface area is 218 Å². The van der Waals surface area contributed by atoms with Crippen molar-refractivity contribution >= 4 is 34.0 Å². The van der Waals surface area contributed by atoms with Gasteiger partial charge in [-0.2, -0.15) is 0 Å². The lowest BCUT2D eigenvalue weighted by Gasteiger charge is -2.36. The molecule has 0 atom stereocenters. The molecule has 0 unspecified atom stereocenters. The van der Waals surface area contributed by atoms with Gasteiger partial charge in [-0.1, -0.05) is 69.3 Å². The van der Waals surface area contributed by atoms with Crippen LogP contribution in [0, 0.1) is 0 Å². The van der Waals surface area contributed by atoms with Gasteiger partial charge in [0.1, 0.15) is 0 Å². The summed E-state index contributed by atoms with van der Waals surface area (Å²) in [4.78, 5) is 30.2. The molecule has 1 fully saturated rings. The molecule has 0 radical (unpaired) electrons. The number of hydrogen-bond donors (Lipinski definition) is 1. The fraction of sp³-hybridized carbons (Fsp3) is 0.250. The molecule has 5 nitrogen and oxygen atoms in total. The third-order valence-corrected chi connectivity index (χ3v) is 7.09. The lowest BCUT2D eigenvalue weighted by molar-refractivity contribution is 0.0746. The van der Waals surface area contributed by atoms with Crippen LogP contribution in [0.2, 0.25) is 0 Å². The maximum absolute atomic E-state index is 13.0. The number of piperazine rings is 1. The van der Waals surface area contributed by atoms with E-state index in [-0.39, 0.29) is 17.2 Å². The number of hydrogen-bond acceptors (Lipinski definition) is 3. The Morgan fingerprint density at radius 2 is 1.38 bits per heavy atom. The van der Waals surface area contributed by atoms with Crippen LogP contribution in [-0.2, 0) is 5.41 Å². The highest BCUT2D eigenvalue weighted by Gasteiger charge is 2.23. The number of rotatable bonds is 4. The number of amides is 2. The van der Waals surface area contributed by atoms with Gasteiger partial charge in [0, 0.05) is 48.7 Å². The lowest BCUT2D eigenvalue weighted by Crippen LogP contribution is -2.48. The molecule has 0 bridgehead atoms. The van der Waals surface area contributed by atoms with Crippen molar-refractivity contribution in [3.05, 3.63) is 108 Å². The molecular weight excluding hydrogens is 458 g/mol. The molecular formula is C32H33N3O2. The molecule has 0 saturated carbocycles. The van der Waals surface area contributed by atoms with Gasteiger partial charge >= 0.3 is 0 Å². The summed E-state index contributed by atoms with van der Waals surface area (Å²) in [5.41, 5.74) is 4.55. The van der Waals surface area contributed by atoms with Gasteiger partial charge in [0.05, 0.1) is 0 Å². The van der Waals surface area contributed by atoms with Crippen molar-refractivity contribution < 1.29 is 9.59 Å². The average Bonchev–Trinajstić information content (AvgIpc) is 2.92. The summed E-state index contributed by atoms with van der Waals surface area (Å²) in [6.07, 6.45) is 0. The largest absolute Gasteiger partial charge is 0.368 e. The third kappa shape index (κ3) is 5.36. The maximum atomic E-state index is 13.0. The number of anilines is 2. The molecule has 188 valence electrons. The average molecular weight is 492 g/mol. The molecule has 0 aliphatic carbocycles. The normalized spacial score (nSPS) is 14.0. The molecule has 5 heteroatoms. The molecule has 1 aliphatic rings. The van der Waals surface area contributed by atoms with Gasteiger partial charge in [-0.15, -0.1) is 0 Å². The SMILES string of the molecule is CC(C)(C)c1ccc(C(=O)N2CCN(c3ccc(NC(=O)c4cccc5ccccc45)cc3)CC2)cc1. The second-order valence-electron chi connectivity index (χ2n) is 10.6. The molecule has 1 aliphatic heterocycles. The van der Waals surface area contributed by atoms with E-state index in [1.165, 1.54) is 5.56 Å². The van der Waals surface area contributed by atoms with E-state index in [9.17, 15) is 9.59 Å². The van der Waals surface area contributed by atoms with E-state index < -0.39 is 0 Å². The Hall–Kier alpha value is -4.12. The van der Waals surface area contributed by atoms with E-state index in [4.69, 9.17) is 0 Å². The molecule has 4 aromatic carbocycles. The van der Waals surface area contributed by atoms with Gasteiger partial charge in [0.2, 0.25) is 0 Å². The van der Waals surface area contributed by atoms with Crippen LogP contribution in [0.5, 0.6) is 0 Å². The van der Waals surface area contributed by atoms with Gasteiger partial charge in [-0.3, -0.25) is 9.59 Å². The quantitative estimate of drug-likeness (QED) is 0.362. The van der Waals surface area contributed by atoms with Crippen LogP contribution in [0.1, 0.15) is 47.1 Å². The standard InChI is InChI=1S/C32H33N3O2/c1-32(2,3)25-13-11-24(12-14-25)31(37)35-21-19-34(20-22-35)27-17-15-26(16-18-27)33-30(36)29-10-6-8-23-7-4-5-9-28(23)29/h4-18H,19-22H2,1-3H3,(H,33,36). The number of fused-ring (bicyclic) bond motifs is 1. The minimum absolute atomic E-state index is 0.0709. The zero-order valence-electron chi connectivity index (χ0n) is 21.7. The van der Waals surface area contributed by atoms with Crippen LogP contribution in [0.3, 0.4) is 0 Å². The van der Waals surface area contributed by atoms with E-state index in [2.05, 4.69) is 43.1 Å². The predicted octanol–water partition coefficient (Wildman–Crippen LogP) is 6.35. The van der Waals surface area contributed by atoms with E-state index in [1.54, 1.807) is 0 Å². The predicted molar refractivity (Wildman–Crippen MR) is 152 cm³/mol. The van der Waals surface area contributed by atoms with Crippen molar-refractivity contribution in [2.24, 2.45) is 0 Å². The highest BCUT2D eigenvalue weighted by atomic mass is 16.2. The number of carbonyl (C=O) groups excluding carboxylic acids is 2. The monoisotopic (exact) mass is 491 g/mol. The third-order valence-electron chi connectivity index (χ3n) is 7.09. The second kappa shape index (κ2) is 10.1. The van der Waals surface area contributed by atoms with E-state index in [0.717, 1.165) is 40.8 Å². The van der Waals surface area contributed by atoms with Crippen molar-refractivity contribution in [3.63, 3.8) is 0 Å². The van der Waals surface area contributed by atoms with Crippen LogP contribution in [0.25, 0.3) is 10.8 Å². The summed E-state index contributed by atoms with van der Waals surface area (Å²) in [6.45, 7) is 9.43. The first-order valence-corrected chi connectivity index (χ1v) is 12.8. The molecule has 1 saturated heterocycles. The van der Waals surface area contributed by atoms with Crippen molar-refractivity contribution in [2.75, 3.05) is 36.4 Å². The molecule has 1 heterocycles. The smallest absolute Gasteiger partial charge is 0.256 e. The van der Waals surface area contributed by atoms with Gasteiger partial charge < -0.3 is 15.1 Å². The highest BCUT2D eigenvalue weighted by Crippen LogP contribution is 2.25. The van der Waals surface area contributed by atoms with Gasteiger partial charge in [-0.25, -0.2) is 0 Å². The van der Waals surface area contributed by atoms with Crippen molar-refractivity contribution in [3.8, 4) is 0 Å². The Bertz CT molecular complexity index is 1410. The Balaban J connectivity index is 1.18. The first-order chi connectivity index (χ1) is 17.8. The second-order valence-corrected chi connectivity index (χ2v) is 10.6. The minimum atomic E-state index is -0.118. The topological polar surface area (TPSA) is 52.7 Å². The molecule has 1 N–H and O–H groups in total. The van der Waals surface area contributed by atoms with Crippen LogP contribution in [-0.4, -0.2) is 42.9 Å². The number of nitrogens with zero attached hydrogens (tertiary/aromatic N) is 2. The first kappa shape index (κ1) is 24.6. The summed E-state index contributed by atoms with van der Waals surface area (Å²) in [7, 11) is 0. The van der Waals surface area contributed by atoms with E-state index >= 15 is 0 Å².